The van der Waals surface area contributed by atoms with Crippen LogP contribution in [0.5, 0.6) is 0 Å². The molecular formula is C16H24N2O. The second kappa shape index (κ2) is 6.60. The molecule has 1 aromatic rings. The van der Waals surface area contributed by atoms with E-state index in [1.165, 1.54) is 19.3 Å². The van der Waals surface area contributed by atoms with Crippen LogP contribution in [0.3, 0.4) is 0 Å². The van der Waals surface area contributed by atoms with Gasteiger partial charge in [0.15, 0.2) is 0 Å². The lowest BCUT2D eigenvalue weighted by Gasteiger charge is -2.31. The first-order chi connectivity index (χ1) is 9.19. The first-order valence-electron chi connectivity index (χ1n) is 7.33. The van der Waals surface area contributed by atoms with E-state index in [1.54, 1.807) is 0 Å². The van der Waals surface area contributed by atoms with Gasteiger partial charge in [-0.05, 0) is 36.5 Å². The average molecular weight is 260 g/mol. The zero-order valence-electron chi connectivity index (χ0n) is 11.7. The second-order valence-electron chi connectivity index (χ2n) is 5.55. The Bertz CT molecular complexity index is 413. The van der Waals surface area contributed by atoms with Gasteiger partial charge in [-0.3, -0.25) is 4.79 Å². The molecule has 1 amide bonds. The van der Waals surface area contributed by atoms with Crippen molar-refractivity contribution in [1.82, 2.24) is 5.32 Å². The molecule has 0 saturated heterocycles. The summed E-state index contributed by atoms with van der Waals surface area (Å²) < 4.78 is 0. The van der Waals surface area contributed by atoms with Crippen LogP contribution in [0.2, 0.25) is 0 Å². The van der Waals surface area contributed by atoms with E-state index in [1.807, 2.05) is 24.3 Å². The van der Waals surface area contributed by atoms with Crippen LogP contribution in [0.1, 0.15) is 44.6 Å². The summed E-state index contributed by atoms with van der Waals surface area (Å²) in [7, 11) is 0. The number of hydrogen-bond donors (Lipinski definition) is 2. The number of carbonyl (C=O) groups excluding carboxylic acids is 1. The minimum absolute atomic E-state index is 0.134. The molecule has 104 valence electrons. The number of hydrogen-bond acceptors (Lipinski definition) is 2. The monoisotopic (exact) mass is 260 g/mol. The van der Waals surface area contributed by atoms with Crippen molar-refractivity contribution in [2.24, 2.45) is 5.92 Å². The molecule has 3 nitrogen and oxygen atoms in total. The average Bonchev–Trinajstić information content (AvgIpc) is 2.42. The van der Waals surface area contributed by atoms with Gasteiger partial charge in [0.25, 0.3) is 0 Å². The van der Waals surface area contributed by atoms with E-state index in [4.69, 9.17) is 5.73 Å². The standard InChI is InChI=1S/C16H24N2O/c1-2-13-5-3-4-6-15(13)18-16(19)11-12-7-9-14(17)10-8-12/h7-10,13,15H,2-6,11,17H2,1H3,(H,18,19). The molecule has 1 aromatic carbocycles. The fourth-order valence-corrected chi connectivity index (χ4v) is 2.97. The summed E-state index contributed by atoms with van der Waals surface area (Å²) in [5.41, 5.74) is 7.40. The molecule has 3 heteroatoms. The summed E-state index contributed by atoms with van der Waals surface area (Å²) in [6, 6.07) is 7.91. The quantitative estimate of drug-likeness (QED) is 0.818. The van der Waals surface area contributed by atoms with Crippen molar-refractivity contribution in [3.8, 4) is 0 Å². The van der Waals surface area contributed by atoms with Gasteiger partial charge >= 0.3 is 0 Å². The largest absolute Gasteiger partial charge is 0.399 e. The lowest BCUT2D eigenvalue weighted by Crippen LogP contribution is -2.42. The van der Waals surface area contributed by atoms with Crippen LogP contribution in [0, 0.1) is 5.92 Å². The highest BCUT2D eigenvalue weighted by molar-refractivity contribution is 5.79. The molecule has 2 unspecified atom stereocenters. The molecule has 0 bridgehead atoms. The van der Waals surface area contributed by atoms with E-state index in [-0.39, 0.29) is 5.91 Å². The molecular weight excluding hydrogens is 236 g/mol. The van der Waals surface area contributed by atoms with Crippen molar-refractivity contribution in [3.05, 3.63) is 29.8 Å². The second-order valence-corrected chi connectivity index (χ2v) is 5.55. The third-order valence-corrected chi connectivity index (χ3v) is 4.12. The molecule has 0 spiro atoms. The van der Waals surface area contributed by atoms with Gasteiger partial charge in [-0.25, -0.2) is 0 Å². The minimum atomic E-state index is 0.134. The Morgan fingerprint density at radius 2 is 1.95 bits per heavy atom. The number of anilines is 1. The summed E-state index contributed by atoms with van der Waals surface area (Å²) >= 11 is 0. The summed E-state index contributed by atoms with van der Waals surface area (Å²) in [6.45, 7) is 2.22. The maximum Gasteiger partial charge on any atom is 0.224 e. The van der Waals surface area contributed by atoms with Gasteiger partial charge in [0.2, 0.25) is 5.91 Å². The topological polar surface area (TPSA) is 55.1 Å². The number of benzene rings is 1. The van der Waals surface area contributed by atoms with Crippen LogP contribution < -0.4 is 11.1 Å². The fraction of sp³-hybridized carbons (Fsp3) is 0.562. The summed E-state index contributed by atoms with van der Waals surface area (Å²) in [4.78, 5) is 12.1. The molecule has 0 aromatic heterocycles. The number of rotatable bonds is 4. The van der Waals surface area contributed by atoms with Crippen molar-refractivity contribution in [3.63, 3.8) is 0 Å². The zero-order chi connectivity index (χ0) is 13.7. The Balaban J connectivity index is 1.88. The predicted octanol–water partition coefficient (Wildman–Crippen LogP) is 2.90. The Hall–Kier alpha value is -1.51. The number of nitrogen functional groups attached to an aromatic ring is 1. The van der Waals surface area contributed by atoms with Crippen LogP contribution in [0.15, 0.2) is 24.3 Å². The third-order valence-electron chi connectivity index (χ3n) is 4.12. The lowest BCUT2D eigenvalue weighted by molar-refractivity contribution is -0.121. The van der Waals surface area contributed by atoms with Gasteiger partial charge in [0, 0.05) is 11.7 Å². The van der Waals surface area contributed by atoms with Crippen molar-refractivity contribution < 1.29 is 4.79 Å². The maximum atomic E-state index is 12.1. The van der Waals surface area contributed by atoms with Crippen LogP contribution >= 0.6 is 0 Å². The van der Waals surface area contributed by atoms with Gasteiger partial charge in [-0.1, -0.05) is 38.3 Å². The van der Waals surface area contributed by atoms with Gasteiger partial charge in [-0.15, -0.1) is 0 Å². The Labute approximate surface area is 115 Å². The number of nitrogens with one attached hydrogen (secondary N) is 1. The van der Waals surface area contributed by atoms with Crippen molar-refractivity contribution >= 4 is 11.6 Å². The van der Waals surface area contributed by atoms with Crippen LogP contribution in [-0.4, -0.2) is 11.9 Å². The maximum absolute atomic E-state index is 12.1. The number of amides is 1. The zero-order valence-corrected chi connectivity index (χ0v) is 11.7. The summed E-state index contributed by atoms with van der Waals surface area (Å²) in [6.07, 6.45) is 6.54. The van der Waals surface area contributed by atoms with Crippen molar-refractivity contribution in [1.29, 1.82) is 0 Å². The van der Waals surface area contributed by atoms with Gasteiger partial charge in [-0.2, -0.15) is 0 Å². The van der Waals surface area contributed by atoms with E-state index >= 15 is 0 Å². The van der Waals surface area contributed by atoms with E-state index in [2.05, 4.69) is 12.2 Å². The summed E-state index contributed by atoms with van der Waals surface area (Å²) in [5.74, 6) is 0.791. The first kappa shape index (κ1) is 13.9. The highest BCUT2D eigenvalue weighted by Gasteiger charge is 2.24. The van der Waals surface area contributed by atoms with Gasteiger partial charge < -0.3 is 11.1 Å². The Kier molecular flexibility index (Phi) is 4.83. The molecule has 2 atom stereocenters. The van der Waals surface area contributed by atoms with Crippen molar-refractivity contribution in [2.75, 3.05) is 5.73 Å². The normalized spacial score (nSPS) is 23.0. The lowest BCUT2D eigenvalue weighted by atomic mass is 9.83. The third kappa shape index (κ3) is 3.98. The van der Waals surface area contributed by atoms with E-state index < -0.39 is 0 Å². The van der Waals surface area contributed by atoms with E-state index in [9.17, 15) is 4.79 Å². The van der Waals surface area contributed by atoms with Gasteiger partial charge in [0.05, 0.1) is 6.42 Å². The molecule has 2 rings (SSSR count). The number of carbonyl (C=O) groups is 1. The predicted molar refractivity (Wildman–Crippen MR) is 78.7 cm³/mol. The molecule has 1 saturated carbocycles. The SMILES string of the molecule is CCC1CCCCC1NC(=O)Cc1ccc(N)cc1. The minimum Gasteiger partial charge on any atom is -0.399 e. The summed E-state index contributed by atoms with van der Waals surface area (Å²) in [5, 5.41) is 3.21. The molecule has 1 aliphatic rings. The molecule has 19 heavy (non-hydrogen) atoms. The van der Waals surface area contributed by atoms with Gasteiger partial charge in [0.1, 0.15) is 0 Å². The highest BCUT2D eigenvalue weighted by Crippen LogP contribution is 2.26. The van der Waals surface area contributed by atoms with Crippen molar-refractivity contribution in [2.45, 2.75) is 51.5 Å². The molecule has 1 fully saturated rings. The van der Waals surface area contributed by atoms with Crippen LogP contribution in [0.25, 0.3) is 0 Å². The van der Waals surface area contributed by atoms with E-state index in [0.717, 1.165) is 24.1 Å². The van der Waals surface area contributed by atoms with Crippen LogP contribution in [-0.2, 0) is 11.2 Å². The number of nitrogens with two attached hydrogens (primary N) is 1. The smallest absolute Gasteiger partial charge is 0.224 e. The fourth-order valence-electron chi connectivity index (χ4n) is 2.97. The molecule has 0 heterocycles. The molecule has 3 N–H and O–H groups in total. The Morgan fingerprint density at radius 1 is 1.26 bits per heavy atom. The highest BCUT2D eigenvalue weighted by atomic mass is 16.1. The van der Waals surface area contributed by atoms with E-state index in [0.29, 0.717) is 18.4 Å². The Morgan fingerprint density at radius 3 is 2.63 bits per heavy atom. The first-order valence-corrected chi connectivity index (χ1v) is 7.33. The molecule has 1 aliphatic carbocycles. The van der Waals surface area contributed by atoms with Crippen LogP contribution in [0.4, 0.5) is 5.69 Å². The molecule has 0 radical (unpaired) electrons. The molecule has 0 aliphatic heterocycles.